The van der Waals surface area contributed by atoms with Crippen molar-refractivity contribution in [2.24, 2.45) is 0 Å². The molecule has 2 heterocycles. The largest absolute Gasteiger partial charge is 0.296 e. The van der Waals surface area contributed by atoms with Gasteiger partial charge in [-0.15, -0.1) is 21.5 Å². The van der Waals surface area contributed by atoms with Crippen LogP contribution in [-0.4, -0.2) is 16.1 Å². The number of carbonyl (C=O) groups is 1. The predicted octanol–water partition coefficient (Wildman–Crippen LogP) is 4.08. The molecule has 0 radical (unpaired) electrons. The highest BCUT2D eigenvalue weighted by Crippen LogP contribution is 2.29. The molecule has 1 N–H and O–H groups in total. The van der Waals surface area contributed by atoms with Gasteiger partial charge in [-0.2, -0.15) is 0 Å². The number of hydrogen-bond acceptors (Lipinski definition) is 5. The summed E-state index contributed by atoms with van der Waals surface area (Å²) in [5, 5.41) is 14.2. The molecule has 1 aromatic carbocycles. The van der Waals surface area contributed by atoms with Gasteiger partial charge >= 0.3 is 0 Å². The number of benzene rings is 1. The quantitative estimate of drug-likeness (QED) is 0.789. The molecule has 0 fully saturated rings. The lowest BCUT2D eigenvalue weighted by Crippen LogP contribution is -2.11. The number of nitrogens with zero attached hydrogens (tertiary/aromatic N) is 2. The van der Waals surface area contributed by atoms with E-state index in [0.717, 1.165) is 22.6 Å². The van der Waals surface area contributed by atoms with Gasteiger partial charge in [-0.3, -0.25) is 10.1 Å². The molecule has 106 valence electrons. The van der Waals surface area contributed by atoms with E-state index in [1.165, 1.54) is 22.7 Å². The van der Waals surface area contributed by atoms with E-state index in [9.17, 15) is 4.79 Å². The molecule has 0 bridgehead atoms. The fourth-order valence-corrected chi connectivity index (χ4v) is 3.42. The maximum Gasteiger partial charge on any atom is 0.268 e. The van der Waals surface area contributed by atoms with E-state index in [2.05, 4.69) is 15.5 Å². The van der Waals surface area contributed by atoms with Crippen molar-refractivity contribution < 1.29 is 4.79 Å². The van der Waals surface area contributed by atoms with E-state index >= 15 is 0 Å². The van der Waals surface area contributed by atoms with Crippen molar-refractivity contribution in [1.82, 2.24) is 10.2 Å². The molecule has 0 aliphatic rings. The first-order valence-electron chi connectivity index (χ1n) is 6.54. The van der Waals surface area contributed by atoms with Gasteiger partial charge in [0.05, 0.1) is 0 Å². The zero-order valence-corrected chi connectivity index (χ0v) is 13.0. The topological polar surface area (TPSA) is 54.9 Å². The minimum atomic E-state index is -0.136. The summed E-state index contributed by atoms with van der Waals surface area (Å²) in [5.41, 5.74) is 1.98. The Morgan fingerprint density at radius 3 is 2.71 bits per heavy atom. The van der Waals surface area contributed by atoms with Crippen LogP contribution in [-0.2, 0) is 6.42 Å². The Kier molecular flexibility index (Phi) is 4.08. The van der Waals surface area contributed by atoms with Crippen LogP contribution in [0.1, 0.15) is 21.6 Å². The molecule has 3 aromatic rings. The first-order valence-corrected chi connectivity index (χ1v) is 8.24. The molecule has 2 aromatic heterocycles. The summed E-state index contributed by atoms with van der Waals surface area (Å²) in [6, 6.07) is 11.9. The molecule has 21 heavy (non-hydrogen) atoms. The highest BCUT2D eigenvalue weighted by Gasteiger charge is 2.16. The molecule has 0 saturated carbocycles. The molecule has 0 atom stereocenters. The van der Waals surface area contributed by atoms with Gasteiger partial charge in [-0.1, -0.05) is 48.6 Å². The number of nitrogens with one attached hydrogen (secondary N) is 1. The van der Waals surface area contributed by atoms with Gasteiger partial charge in [0.1, 0.15) is 9.88 Å². The average molecular weight is 315 g/mol. The predicted molar refractivity (Wildman–Crippen MR) is 87.0 cm³/mol. The molecule has 0 spiro atoms. The molecule has 0 unspecified atom stereocenters. The zero-order valence-electron chi connectivity index (χ0n) is 11.4. The Morgan fingerprint density at radius 2 is 2.00 bits per heavy atom. The van der Waals surface area contributed by atoms with E-state index in [-0.39, 0.29) is 5.91 Å². The molecule has 4 nitrogen and oxygen atoms in total. The minimum Gasteiger partial charge on any atom is -0.296 e. The van der Waals surface area contributed by atoms with Crippen LogP contribution in [0.25, 0.3) is 11.1 Å². The van der Waals surface area contributed by atoms with Crippen molar-refractivity contribution in [3.05, 3.63) is 51.7 Å². The van der Waals surface area contributed by atoms with Crippen LogP contribution < -0.4 is 5.32 Å². The van der Waals surface area contributed by atoms with Crippen molar-refractivity contribution in [3.8, 4) is 11.1 Å². The SMILES string of the molecule is CCc1nnc(NC(=O)c2sccc2-c2ccccc2)s1. The monoisotopic (exact) mass is 315 g/mol. The normalized spacial score (nSPS) is 10.5. The van der Waals surface area contributed by atoms with Gasteiger partial charge < -0.3 is 0 Å². The van der Waals surface area contributed by atoms with E-state index < -0.39 is 0 Å². The van der Waals surface area contributed by atoms with Crippen LogP contribution in [0.3, 0.4) is 0 Å². The second-order valence-electron chi connectivity index (χ2n) is 4.34. The van der Waals surface area contributed by atoms with Gasteiger partial charge in [0.2, 0.25) is 5.13 Å². The lowest BCUT2D eigenvalue weighted by molar-refractivity contribution is 0.103. The van der Waals surface area contributed by atoms with Crippen molar-refractivity contribution >= 4 is 33.7 Å². The first kappa shape index (κ1) is 13.9. The average Bonchev–Trinajstić information content (AvgIpc) is 3.17. The molecule has 0 saturated heterocycles. The minimum absolute atomic E-state index is 0.136. The van der Waals surface area contributed by atoms with Gasteiger partial charge in [0, 0.05) is 5.56 Å². The number of rotatable bonds is 4. The third kappa shape index (κ3) is 3.01. The summed E-state index contributed by atoms with van der Waals surface area (Å²) in [4.78, 5) is 13.1. The Hall–Kier alpha value is -2.05. The standard InChI is InChI=1S/C15H13N3OS2/c1-2-12-17-18-15(21-12)16-14(19)13-11(8-9-20-13)10-6-4-3-5-7-10/h3-9H,2H2,1H3,(H,16,18,19). The molecular formula is C15H13N3OS2. The number of anilines is 1. The number of aromatic nitrogens is 2. The van der Waals surface area contributed by atoms with E-state index in [4.69, 9.17) is 0 Å². The van der Waals surface area contributed by atoms with Crippen molar-refractivity contribution in [1.29, 1.82) is 0 Å². The maximum absolute atomic E-state index is 12.4. The molecule has 1 amide bonds. The Balaban J connectivity index is 1.84. The lowest BCUT2D eigenvalue weighted by atomic mass is 10.1. The van der Waals surface area contributed by atoms with Gasteiger partial charge in [0.15, 0.2) is 0 Å². The smallest absolute Gasteiger partial charge is 0.268 e. The van der Waals surface area contributed by atoms with E-state index in [1.54, 1.807) is 0 Å². The zero-order chi connectivity index (χ0) is 14.7. The van der Waals surface area contributed by atoms with Crippen LogP contribution in [0.5, 0.6) is 0 Å². The van der Waals surface area contributed by atoms with Gasteiger partial charge in [0.25, 0.3) is 5.91 Å². The van der Waals surface area contributed by atoms with Crippen LogP contribution in [0.4, 0.5) is 5.13 Å². The van der Waals surface area contributed by atoms with E-state index in [1.807, 2.05) is 48.7 Å². The Morgan fingerprint density at radius 1 is 1.19 bits per heavy atom. The fourth-order valence-electron chi connectivity index (χ4n) is 1.93. The highest BCUT2D eigenvalue weighted by molar-refractivity contribution is 7.15. The second kappa shape index (κ2) is 6.15. The molecule has 3 rings (SSSR count). The molecule has 0 aliphatic heterocycles. The summed E-state index contributed by atoms with van der Waals surface area (Å²) >= 11 is 2.84. The highest BCUT2D eigenvalue weighted by atomic mass is 32.1. The summed E-state index contributed by atoms with van der Waals surface area (Å²) in [5.74, 6) is -0.136. The van der Waals surface area contributed by atoms with E-state index in [0.29, 0.717) is 10.0 Å². The third-order valence-corrected chi connectivity index (χ3v) is 4.84. The molecular weight excluding hydrogens is 302 g/mol. The second-order valence-corrected chi connectivity index (χ2v) is 6.32. The summed E-state index contributed by atoms with van der Waals surface area (Å²) < 4.78 is 0. The third-order valence-electron chi connectivity index (χ3n) is 2.95. The van der Waals surface area contributed by atoms with Crippen LogP contribution in [0.2, 0.25) is 0 Å². The number of carbonyl (C=O) groups excluding carboxylic acids is 1. The van der Waals surface area contributed by atoms with Crippen LogP contribution >= 0.6 is 22.7 Å². The Labute approximate surface area is 130 Å². The lowest BCUT2D eigenvalue weighted by Gasteiger charge is -2.03. The van der Waals surface area contributed by atoms with Gasteiger partial charge in [-0.25, -0.2) is 0 Å². The number of hydrogen-bond donors (Lipinski definition) is 1. The summed E-state index contributed by atoms with van der Waals surface area (Å²) in [6.45, 7) is 2.01. The summed E-state index contributed by atoms with van der Waals surface area (Å²) in [6.07, 6.45) is 0.821. The molecule has 0 aliphatic carbocycles. The number of thiophene rings is 1. The fraction of sp³-hybridized carbons (Fsp3) is 0.133. The van der Waals surface area contributed by atoms with Crippen molar-refractivity contribution in [2.75, 3.05) is 5.32 Å². The van der Waals surface area contributed by atoms with Crippen molar-refractivity contribution in [3.63, 3.8) is 0 Å². The van der Waals surface area contributed by atoms with Crippen LogP contribution in [0.15, 0.2) is 41.8 Å². The number of amides is 1. The molecule has 6 heteroatoms. The maximum atomic E-state index is 12.4. The van der Waals surface area contributed by atoms with Gasteiger partial charge in [-0.05, 0) is 23.4 Å². The van der Waals surface area contributed by atoms with Crippen molar-refractivity contribution in [2.45, 2.75) is 13.3 Å². The first-order chi connectivity index (χ1) is 10.3. The Bertz CT molecular complexity index is 749. The van der Waals surface area contributed by atoms with Crippen LogP contribution in [0, 0.1) is 0 Å². The summed E-state index contributed by atoms with van der Waals surface area (Å²) in [7, 11) is 0. The number of aryl methyl sites for hydroxylation is 1.